The summed E-state index contributed by atoms with van der Waals surface area (Å²) in [6.07, 6.45) is 1.71. The fourth-order valence-electron chi connectivity index (χ4n) is 1.42. The van der Waals surface area contributed by atoms with E-state index in [0.717, 1.165) is 29.6 Å². The first-order valence-corrected chi connectivity index (χ1v) is 7.58. The first-order chi connectivity index (χ1) is 8.76. The summed E-state index contributed by atoms with van der Waals surface area (Å²) in [5, 5.41) is 8.57. The molecule has 1 aromatic carbocycles. The van der Waals surface area contributed by atoms with E-state index in [-0.39, 0.29) is 0 Å². The first kappa shape index (κ1) is 14.9. The summed E-state index contributed by atoms with van der Waals surface area (Å²) in [7, 11) is 0. The minimum atomic E-state index is 0.463. The summed E-state index contributed by atoms with van der Waals surface area (Å²) >= 11 is 1.95. The topological polar surface area (TPSA) is 33.0 Å². The van der Waals surface area contributed by atoms with E-state index in [1.165, 1.54) is 12.2 Å². The number of rotatable bonds is 8. The average molecular weight is 263 g/mol. The Morgan fingerprint density at radius 1 is 1.33 bits per heavy atom. The molecule has 98 valence electrons. The van der Waals surface area contributed by atoms with Gasteiger partial charge in [-0.25, -0.2) is 0 Å². The van der Waals surface area contributed by atoms with Crippen molar-refractivity contribution in [1.82, 2.24) is 0 Å². The third kappa shape index (κ3) is 5.97. The van der Waals surface area contributed by atoms with Crippen molar-refractivity contribution in [3.05, 3.63) is 29.8 Å². The lowest BCUT2D eigenvalue weighted by molar-refractivity contribution is 0.344. The highest BCUT2D eigenvalue weighted by Crippen LogP contribution is 2.14. The molecule has 0 radical (unpaired) electrons. The molecule has 0 aliphatic rings. The van der Waals surface area contributed by atoms with Gasteiger partial charge in [-0.15, -0.1) is 0 Å². The van der Waals surface area contributed by atoms with Crippen molar-refractivity contribution in [2.45, 2.75) is 26.7 Å². The molecule has 1 rings (SSSR count). The van der Waals surface area contributed by atoms with Crippen LogP contribution in [0.3, 0.4) is 0 Å². The Labute approximate surface area is 114 Å². The fraction of sp³-hybridized carbons (Fsp3) is 0.533. The van der Waals surface area contributed by atoms with Crippen LogP contribution in [-0.4, -0.2) is 18.1 Å². The third-order valence-electron chi connectivity index (χ3n) is 2.80. The van der Waals surface area contributed by atoms with Crippen LogP contribution in [0.1, 0.15) is 25.8 Å². The van der Waals surface area contributed by atoms with Gasteiger partial charge < -0.3 is 4.74 Å². The van der Waals surface area contributed by atoms with Crippen LogP contribution in [0.4, 0.5) is 0 Å². The molecule has 1 unspecified atom stereocenters. The number of nitrogens with zero attached hydrogens (tertiary/aromatic N) is 1. The van der Waals surface area contributed by atoms with Crippen molar-refractivity contribution in [1.29, 1.82) is 5.26 Å². The quantitative estimate of drug-likeness (QED) is 0.667. The highest BCUT2D eigenvalue weighted by Gasteiger charge is 1.99. The van der Waals surface area contributed by atoms with Crippen molar-refractivity contribution >= 4 is 11.8 Å². The predicted molar refractivity (Wildman–Crippen MR) is 78.0 cm³/mol. The van der Waals surface area contributed by atoms with Gasteiger partial charge in [-0.2, -0.15) is 17.0 Å². The molecule has 0 aliphatic carbocycles. The summed E-state index contributed by atoms with van der Waals surface area (Å²) in [6, 6.07) is 9.91. The summed E-state index contributed by atoms with van der Waals surface area (Å²) in [4.78, 5) is 0. The van der Waals surface area contributed by atoms with E-state index in [0.29, 0.717) is 6.42 Å². The third-order valence-corrected chi connectivity index (χ3v) is 4.06. The van der Waals surface area contributed by atoms with E-state index < -0.39 is 0 Å². The van der Waals surface area contributed by atoms with E-state index in [2.05, 4.69) is 19.9 Å². The lowest BCUT2D eigenvalue weighted by Gasteiger charge is -2.09. The SMILES string of the molecule is CCC(C)CSCCOc1ccc(CC#N)cc1. The van der Waals surface area contributed by atoms with Crippen LogP contribution in [0.5, 0.6) is 5.75 Å². The summed E-state index contributed by atoms with van der Waals surface area (Å²) in [5.41, 5.74) is 1.04. The highest BCUT2D eigenvalue weighted by atomic mass is 32.2. The van der Waals surface area contributed by atoms with E-state index in [1.807, 2.05) is 36.0 Å². The second-order valence-electron chi connectivity index (χ2n) is 4.42. The molecule has 0 fully saturated rings. The fourth-order valence-corrected chi connectivity index (χ4v) is 2.42. The number of hydrogen-bond donors (Lipinski definition) is 0. The zero-order valence-electron chi connectivity index (χ0n) is 11.2. The molecule has 18 heavy (non-hydrogen) atoms. The first-order valence-electron chi connectivity index (χ1n) is 6.42. The zero-order valence-corrected chi connectivity index (χ0v) is 12.0. The molecular weight excluding hydrogens is 242 g/mol. The van der Waals surface area contributed by atoms with Crippen LogP contribution in [0.2, 0.25) is 0 Å². The second-order valence-corrected chi connectivity index (χ2v) is 5.57. The molecule has 0 spiro atoms. The molecule has 0 aromatic heterocycles. The van der Waals surface area contributed by atoms with Crippen LogP contribution in [0.25, 0.3) is 0 Å². The van der Waals surface area contributed by atoms with Crippen molar-refractivity contribution in [2.24, 2.45) is 5.92 Å². The van der Waals surface area contributed by atoms with E-state index in [4.69, 9.17) is 10.00 Å². The lowest BCUT2D eigenvalue weighted by atomic mass is 10.2. The van der Waals surface area contributed by atoms with Gasteiger partial charge in [0.05, 0.1) is 19.1 Å². The second kappa shape index (κ2) is 8.88. The Morgan fingerprint density at radius 3 is 2.67 bits per heavy atom. The largest absolute Gasteiger partial charge is 0.493 e. The molecule has 0 bridgehead atoms. The minimum Gasteiger partial charge on any atom is -0.493 e. The van der Waals surface area contributed by atoms with Crippen LogP contribution in [-0.2, 0) is 6.42 Å². The van der Waals surface area contributed by atoms with E-state index in [9.17, 15) is 0 Å². The van der Waals surface area contributed by atoms with Gasteiger partial charge in [0.15, 0.2) is 0 Å². The predicted octanol–water partition coefficient (Wildman–Crippen LogP) is 3.91. The Hall–Kier alpha value is -1.14. The van der Waals surface area contributed by atoms with Gasteiger partial charge in [0, 0.05) is 5.75 Å². The number of thioether (sulfide) groups is 1. The number of ether oxygens (including phenoxy) is 1. The Bertz CT molecular complexity index is 369. The Morgan fingerprint density at radius 2 is 2.06 bits per heavy atom. The van der Waals surface area contributed by atoms with E-state index in [1.54, 1.807) is 0 Å². The van der Waals surface area contributed by atoms with Gasteiger partial charge >= 0.3 is 0 Å². The lowest BCUT2D eigenvalue weighted by Crippen LogP contribution is -2.03. The monoisotopic (exact) mass is 263 g/mol. The van der Waals surface area contributed by atoms with Gasteiger partial charge in [-0.3, -0.25) is 0 Å². The van der Waals surface area contributed by atoms with Crippen molar-refractivity contribution in [3.63, 3.8) is 0 Å². The van der Waals surface area contributed by atoms with Crippen molar-refractivity contribution in [2.75, 3.05) is 18.1 Å². The molecule has 1 aromatic rings. The summed E-state index contributed by atoms with van der Waals surface area (Å²) in [6.45, 7) is 5.25. The van der Waals surface area contributed by atoms with E-state index >= 15 is 0 Å². The van der Waals surface area contributed by atoms with Crippen LogP contribution in [0.15, 0.2) is 24.3 Å². The molecule has 0 saturated heterocycles. The Balaban J connectivity index is 2.17. The summed E-state index contributed by atoms with van der Waals surface area (Å²) < 4.78 is 5.65. The summed E-state index contributed by atoms with van der Waals surface area (Å²) in [5.74, 6) is 3.92. The minimum absolute atomic E-state index is 0.463. The van der Waals surface area contributed by atoms with Gasteiger partial charge in [-0.05, 0) is 29.4 Å². The molecule has 0 amide bonds. The standard InChI is InChI=1S/C15H21NOS/c1-3-13(2)12-18-11-10-17-15-6-4-14(5-7-15)8-9-16/h4-7,13H,3,8,10-12H2,1-2H3. The number of benzene rings is 1. The van der Waals surface area contributed by atoms with Gasteiger partial charge in [-0.1, -0.05) is 32.4 Å². The molecule has 1 atom stereocenters. The van der Waals surface area contributed by atoms with Crippen LogP contribution in [0, 0.1) is 17.2 Å². The zero-order chi connectivity index (χ0) is 13.2. The molecule has 0 aliphatic heterocycles. The highest BCUT2D eigenvalue weighted by molar-refractivity contribution is 7.99. The molecule has 3 heteroatoms. The Kier molecular flexibility index (Phi) is 7.36. The van der Waals surface area contributed by atoms with Crippen LogP contribution >= 0.6 is 11.8 Å². The van der Waals surface area contributed by atoms with Crippen LogP contribution < -0.4 is 4.74 Å². The van der Waals surface area contributed by atoms with Gasteiger partial charge in [0.2, 0.25) is 0 Å². The maximum absolute atomic E-state index is 8.57. The molecule has 2 nitrogen and oxygen atoms in total. The van der Waals surface area contributed by atoms with Gasteiger partial charge in [0.25, 0.3) is 0 Å². The molecular formula is C15H21NOS. The number of nitriles is 1. The maximum Gasteiger partial charge on any atom is 0.119 e. The molecule has 0 N–H and O–H groups in total. The molecule has 0 heterocycles. The van der Waals surface area contributed by atoms with Gasteiger partial charge in [0.1, 0.15) is 5.75 Å². The smallest absolute Gasteiger partial charge is 0.119 e. The average Bonchev–Trinajstić information content (AvgIpc) is 2.40. The molecule has 0 saturated carbocycles. The van der Waals surface area contributed by atoms with Crippen molar-refractivity contribution < 1.29 is 4.74 Å². The number of hydrogen-bond acceptors (Lipinski definition) is 3. The maximum atomic E-state index is 8.57. The normalized spacial score (nSPS) is 11.8. The van der Waals surface area contributed by atoms with Crippen molar-refractivity contribution in [3.8, 4) is 11.8 Å².